The van der Waals surface area contributed by atoms with Gasteiger partial charge < -0.3 is 17.3 Å². The molecule has 5 nitrogen and oxygen atoms in total. The first-order valence-electron chi connectivity index (χ1n) is 5.56. The van der Waals surface area contributed by atoms with Crippen LogP contribution in [0, 0.1) is 7.43 Å². The first-order valence-corrected chi connectivity index (χ1v) is 8.39. The monoisotopic (exact) mass is 474 g/mol. The van der Waals surface area contributed by atoms with Gasteiger partial charge in [0.05, 0.1) is 18.7 Å². The molecule has 1 aliphatic heterocycles. The number of rotatable bonds is 1. The number of halogens is 2. The van der Waals surface area contributed by atoms with Crippen molar-refractivity contribution in [2.24, 2.45) is 0 Å². The number of hydrogen-bond donors (Lipinski definition) is 1. The van der Waals surface area contributed by atoms with E-state index < -0.39 is 47.2 Å². The predicted molar refractivity (Wildman–Crippen MR) is 67.6 cm³/mol. The van der Waals surface area contributed by atoms with Gasteiger partial charge in [-0.25, -0.2) is 13.6 Å². The number of alkyl halides is 2. The molecule has 0 saturated carbocycles. The van der Waals surface area contributed by atoms with E-state index in [4.69, 9.17) is 8.28 Å². The van der Waals surface area contributed by atoms with E-state index in [-0.39, 0.29) is 20.4 Å². The van der Waals surface area contributed by atoms with Crippen LogP contribution >= 0.6 is 0 Å². The Balaban J connectivity index is 0. The fourth-order valence-electron chi connectivity index (χ4n) is 1.61. The number of hydrogen-bond acceptors (Lipinski definition) is 4. The Bertz CT molecular complexity index is 341. The van der Waals surface area contributed by atoms with E-state index in [2.05, 4.69) is 5.07 Å². The molecular formula is C12H22F2NO4Os-. The van der Waals surface area contributed by atoms with Gasteiger partial charge in [-0.2, -0.15) is 0 Å². The molecule has 122 valence electrons. The summed E-state index contributed by atoms with van der Waals surface area (Å²) >= 11 is -1.08. The number of aliphatic hydroxyl groups excluding tert-OH is 1. The molecule has 2 atom stereocenters. The van der Waals surface area contributed by atoms with Gasteiger partial charge in [0, 0.05) is 6.42 Å². The van der Waals surface area contributed by atoms with Gasteiger partial charge in [0.1, 0.15) is 5.60 Å². The number of β-amino-alcohol motifs (C(OH)–C–C–N with tert-alkyl or cyclic N) is 1. The maximum absolute atomic E-state index is 12.6. The summed E-state index contributed by atoms with van der Waals surface area (Å²) in [5.41, 5.74) is -0.725. The van der Waals surface area contributed by atoms with Crippen LogP contribution in [0.1, 0.15) is 27.2 Å². The second-order valence-corrected chi connectivity index (χ2v) is 5.76. The smallest absolute Gasteiger partial charge is 0.358 e. The van der Waals surface area contributed by atoms with Crippen LogP contribution in [0.2, 0.25) is 0 Å². The Morgan fingerprint density at radius 1 is 1.50 bits per heavy atom. The molecule has 1 saturated heterocycles. The average Bonchev–Trinajstić information content (AvgIpc) is 2.59. The molecule has 0 aromatic rings. The minimum Gasteiger partial charge on any atom is -0.358 e. The number of aliphatic hydroxyl groups is 1. The minimum atomic E-state index is -2.66. The van der Waals surface area contributed by atoms with Crippen molar-refractivity contribution >= 4 is 11.2 Å². The quantitative estimate of drug-likeness (QED) is 0.593. The summed E-state index contributed by atoms with van der Waals surface area (Å²) in [6.07, 6.45) is -4.46. The molecule has 1 rings (SSSR count). The van der Waals surface area contributed by atoms with Gasteiger partial charge in [-0.05, 0) is 20.8 Å². The molecule has 0 aromatic heterocycles. The van der Waals surface area contributed by atoms with Crippen LogP contribution in [-0.4, -0.2) is 51.9 Å². The van der Waals surface area contributed by atoms with E-state index in [0.717, 1.165) is 4.90 Å². The van der Waals surface area contributed by atoms with Gasteiger partial charge in [0.25, 0.3) is 6.43 Å². The molecule has 1 heterocycles. The van der Waals surface area contributed by atoms with Gasteiger partial charge in [-0.3, -0.25) is 4.90 Å². The van der Waals surface area contributed by atoms with Crippen molar-refractivity contribution in [1.82, 2.24) is 4.90 Å². The molecule has 0 aromatic carbocycles. The van der Waals surface area contributed by atoms with Crippen LogP contribution in [-0.2, 0) is 25.2 Å². The molecule has 0 radical (unpaired) electrons. The second-order valence-electron chi connectivity index (χ2n) is 5.03. The second kappa shape index (κ2) is 9.35. The molecular weight excluding hydrogens is 450 g/mol. The Kier molecular flexibility index (Phi) is 10.1. The number of carbonyl (C=O) groups excluding carboxylic acids is 1. The van der Waals surface area contributed by atoms with Gasteiger partial charge in [0.15, 0.2) is 0 Å². The summed E-state index contributed by atoms with van der Waals surface area (Å²) in [5.74, 6) is 0. The Morgan fingerprint density at radius 3 is 2.30 bits per heavy atom. The summed E-state index contributed by atoms with van der Waals surface area (Å²) in [4.78, 5) is 12.5. The first-order chi connectivity index (χ1) is 8.62. The van der Waals surface area contributed by atoms with E-state index in [9.17, 15) is 18.7 Å². The number of nitrogens with zero attached hydrogens (tertiary/aromatic N) is 1. The average molecular weight is 473 g/mol. The van der Waals surface area contributed by atoms with E-state index in [1.165, 1.54) is 0 Å². The van der Waals surface area contributed by atoms with Crippen molar-refractivity contribution in [2.75, 3.05) is 6.54 Å². The molecule has 0 unspecified atom stereocenters. The Hall–Kier alpha value is -0.604. The summed E-state index contributed by atoms with van der Waals surface area (Å²) in [7, 11) is 0. The van der Waals surface area contributed by atoms with Gasteiger partial charge in [-0.1, -0.05) is 0 Å². The van der Waals surface area contributed by atoms with Crippen LogP contribution in [0.4, 0.5) is 13.6 Å². The third-order valence-corrected chi connectivity index (χ3v) is 2.24. The molecule has 1 aliphatic rings. The van der Waals surface area contributed by atoms with Crippen LogP contribution < -0.4 is 0 Å². The molecule has 0 bridgehead atoms. The topological polar surface area (TPSA) is 66.8 Å². The van der Waals surface area contributed by atoms with Crippen LogP contribution in [0.15, 0.2) is 0 Å². The van der Waals surface area contributed by atoms with Crippen molar-refractivity contribution < 1.29 is 43.9 Å². The van der Waals surface area contributed by atoms with E-state index in [1.807, 2.05) is 0 Å². The predicted octanol–water partition coefficient (Wildman–Crippen LogP) is 1.92. The number of likely N-dealkylation sites (tertiary alicyclic amines) is 1. The number of ether oxygens (including phenoxy) is 1. The summed E-state index contributed by atoms with van der Waals surface area (Å²) < 4.78 is 39.1. The fourth-order valence-corrected chi connectivity index (χ4v) is 1.61. The van der Waals surface area contributed by atoms with Gasteiger partial charge >= 0.3 is 31.6 Å². The van der Waals surface area contributed by atoms with Gasteiger partial charge in [0.2, 0.25) is 0 Å². The zero-order chi connectivity index (χ0) is 15.2. The standard InChI is InChI=1S/C10H17F2NO3.CH3.CH2.O.Os/c1-10(2,3)16-9(15)13-5-6(14)4-7(13)8(11)12;;;;/h6-8,14H,4-5H2,1-3H3;1H3;1H2;;/q;-1;;;/t6-,7-;;;;/m0..../s1. The van der Waals surface area contributed by atoms with Crippen LogP contribution in [0.25, 0.3) is 0 Å². The molecule has 1 N–H and O–H groups in total. The van der Waals surface area contributed by atoms with Crippen molar-refractivity contribution in [3.8, 4) is 0 Å². The van der Waals surface area contributed by atoms with E-state index in [1.54, 1.807) is 20.8 Å². The molecule has 0 aliphatic carbocycles. The normalized spacial score (nSPS) is 21.9. The molecule has 1 fully saturated rings. The number of carbonyl (C=O) groups is 1. The SMILES string of the molecule is CC(C)(C)OC(=O)N1C[C@@H](O)C[C@H]1C(F)F.[CH2]=[Os]=[O].[CH3-]. The molecule has 1 amide bonds. The largest absolute Gasteiger partial charge is 0.358 e. The summed E-state index contributed by atoms with van der Waals surface area (Å²) in [5, 5.41) is 12.4. The Labute approximate surface area is 125 Å². The third-order valence-electron chi connectivity index (χ3n) is 2.24. The van der Waals surface area contributed by atoms with Crippen LogP contribution in [0.5, 0.6) is 0 Å². The third kappa shape index (κ3) is 7.86. The van der Waals surface area contributed by atoms with E-state index in [0.29, 0.717) is 0 Å². The molecule has 20 heavy (non-hydrogen) atoms. The maximum Gasteiger partial charge on any atom is -0.358 e. The Morgan fingerprint density at radius 2 is 1.95 bits per heavy atom. The molecule has 0 spiro atoms. The van der Waals surface area contributed by atoms with Crippen LogP contribution in [0.3, 0.4) is 0 Å². The maximum atomic E-state index is 12.6. The minimum absolute atomic E-state index is 0. The van der Waals surface area contributed by atoms with Crippen molar-refractivity contribution in [3.05, 3.63) is 7.43 Å². The van der Waals surface area contributed by atoms with Crippen molar-refractivity contribution in [3.63, 3.8) is 0 Å². The number of amides is 1. The first kappa shape index (κ1) is 21.7. The fraction of sp³-hybridized carbons (Fsp3) is 0.750. The summed E-state index contributed by atoms with van der Waals surface area (Å²) in [6, 6.07) is -1.25. The van der Waals surface area contributed by atoms with E-state index >= 15 is 0 Å². The van der Waals surface area contributed by atoms with Crippen molar-refractivity contribution in [1.29, 1.82) is 0 Å². The zero-order valence-corrected chi connectivity index (χ0v) is 14.6. The molecule has 8 heteroatoms. The van der Waals surface area contributed by atoms with Gasteiger partial charge in [-0.15, -0.1) is 0 Å². The zero-order valence-electron chi connectivity index (χ0n) is 12.1. The summed E-state index contributed by atoms with van der Waals surface area (Å²) in [6.45, 7) is 4.89. The van der Waals surface area contributed by atoms with Crippen molar-refractivity contribution in [2.45, 2.75) is 51.4 Å².